The molecule has 0 aliphatic heterocycles. The van der Waals surface area contributed by atoms with Gasteiger partial charge in [0.1, 0.15) is 0 Å². The summed E-state index contributed by atoms with van der Waals surface area (Å²) in [5.74, 6) is 0. The van der Waals surface area contributed by atoms with E-state index < -0.39 is 0 Å². The molecule has 7 radical (unpaired) electrons. The normalized spacial score (nSPS) is 0. The van der Waals surface area contributed by atoms with E-state index in [0.717, 1.165) is 0 Å². The fourth-order valence-electron chi connectivity index (χ4n) is 0. The van der Waals surface area contributed by atoms with Crippen LogP contribution in [-0.2, 0) is 38.2 Å². The van der Waals surface area contributed by atoms with Gasteiger partial charge in [-0.1, -0.05) is 0 Å². The molecule has 0 N–H and O–H groups in total. The summed E-state index contributed by atoms with van der Waals surface area (Å²) >= 11 is 0. The van der Waals surface area contributed by atoms with Crippen molar-refractivity contribution in [2.75, 3.05) is 0 Å². The van der Waals surface area contributed by atoms with Crippen LogP contribution in [0.4, 0.5) is 0 Å². The molecule has 0 saturated carbocycles. The van der Waals surface area contributed by atoms with Gasteiger partial charge in [-0.15, -0.1) is 0 Å². The Labute approximate surface area is 85.1 Å². The van der Waals surface area contributed by atoms with Gasteiger partial charge < -0.3 is 0 Å². The predicted octanol–water partition coefficient (Wildman–Crippen LogP) is -0.767. The van der Waals surface area contributed by atoms with Crippen molar-refractivity contribution in [1.82, 2.24) is 0 Å². The summed E-state index contributed by atoms with van der Waals surface area (Å²) in [6, 6.07) is 0. The van der Waals surface area contributed by atoms with Gasteiger partial charge in [0.05, 0.1) is 0 Å². The third-order valence-electron chi connectivity index (χ3n) is 0. The Morgan fingerprint density at radius 1 is 1.00 bits per heavy atom. The quantitative estimate of drug-likeness (QED) is 0.506. The Kier molecular flexibility index (Phi) is 123. The molecule has 0 rings (SSSR count). The van der Waals surface area contributed by atoms with E-state index in [9.17, 15) is 0 Å². The minimum absolute atomic E-state index is 0. The van der Waals surface area contributed by atoms with Crippen molar-refractivity contribution in [1.29, 1.82) is 0 Å². The third-order valence-corrected chi connectivity index (χ3v) is 0. The molecular weight excluding hydrogens is 347 g/mol. The summed E-state index contributed by atoms with van der Waals surface area (Å²) in [4.78, 5) is 0. The Hall–Kier alpha value is 2.82. The minimum atomic E-state index is 0. The maximum Gasteiger partial charge on any atom is 0 e. The first kappa shape index (κ1) is 29.0. The predicted molar refractivity (Wildman–Crippen MR) is 11.5 cm³/mol. The molecular formula is NiSbSnTi. The van der Waals surface area contributed by atoms with Gasteiger partial charge in [0, 0.05) is 86.5 Å². The molecule has 4 heteroatoms. The first-order valence-electron chi connectivity index (χ1n) is 0. The number of hydrogen-bond acceptors (Lipinski definition) is 0. The summed E-state index contributed by atoms with van der Waals surface area (Å²) in [5, 5.41) is 0. The summed E-state index contributed by atoms with van der Waals surface area (Å²) in [6.45, 7) is 0. The molecule has 0 spiro atoms. The van der Waals surface area contributed by atoms with Gasteiger partial charge in [0.15, 0.2) is 0 Å². The van der Waals surface area contributed by atoms with Gasteiger partial charge >= 0.3 is 0 Å². The third kappa shape index (κ3) is 8.85. The molecule has 0 aliphatic carbocycles. The fourth-order valence-corrected chi connectivity index (χ4v) is 0. The molecule has 0 aliphatic rings. The van der Waals surface area contributed by atoms with Crippen LogP contribution in [0.25, 0.3) is 0 Å². The topological polar surface area (TPSA) is 0 Å². The molecule has 0 aromatic heterocycles. The first-order chi connectivity index (χ1) is 0. The number of rotatable bonds is 0. The molecule has 0 unspecified atom stereocenters. The Morgan fingerprint density at radius 3 is 1.00 bits per heavy atom. The molecule has 0 aromatic carbocycles. The smallest absolute Gasteiger partial charge is 0 e. The van der Waals surface area contributed by atoms with Crippen molar-refractivity contribution in [2.24, 2.45) is 0 Å². The van der Waals surface area contributed by atoms with E-state index in [1.165, 1.54) is 0 Å². The van der Waals surface area contributed by atoms with Gasteiger partial charge in [-0.2, -0.15) is 0 Å². The first-order valence-corrected chi connectivity index (χ1v) is 0. The second-order valence-electron chi connectivity index (χ2n) is 0. The molecule has 0 heterocycles. The second kappa shape index (κ2) is 17.0. The van der Waals surface area contributed by atoms with Crippen LogP contribution in [0.1, 0.15) is 0 Å². The monoisotopic (exact) mass is 347 g/mol. The molecule has 0 bridgehead atoms. The molecule has 0 saturated heterocycles. The summed E-state index contributed by atoms with van der Waals surface area (Å²) in [7, 11) is 0. The van der Waals surface area contributed by atoms with Crippen molar-refractivity contribution in [3.63, 3.8) is 0 Å². The van der Waals surface area contributed by atoms with E-state index in [-0.39, 0.29) is 86.5 Å². The second-order valence-corrected chi connectivity index (χ2v) is 0. The average Bonchev–Trinajstić information content (AvgIpc) is 0. The summed E-state index contributed by atoms with van der Waals surface area (Å²) in [6.07, 6.45) is 0. The van der Waals surface area contributed by atoms with Gasteiger partial charge in [-0.05, 0) is 0 Å². The minimum Gasteiger partial charge on any atom is 0 e. The van der Waals surface area contributed by atoms with E-state index >= 15 is 0 Å². The van der Waals surface area contributed by atoms with Crippen LogP contribution in [0, 0.1) is 0 Å². The van der Waals surface area contributed by atoms with E-state index in [0.29, 0.717) is 0 Å². The van der Waals surface area contributed by atoms with Crippen molar-refractivity contribution in [2.45, 2.75) is 0 Å². The maximum atomic E-state index is 0. The van der Waals surface area contributed by atoms with Crippen LogP contribution in [-0.4, -0.2) is 48.3 Å². The van der Waals surface area contributed by atoms with Crippen molar-refractivity contribution >= 4 is 48.3 Å². The summed E-state index contributed by atoms with van der Waals surface area (Å²) in [5.41, 5.74) is 0. The standard InChI is InChI=1S/Ni.Sb.Sn.Ti. The molecule has 0 aromatic rings. The number of hydrogen-bond donors (Lipinski definition) is 0. The molecule has 4 heavy (non-hydrogen) atoms. The maximum absolute atomic E-state index is 0. The zero-order chi connectivity index (χ0) is 0. The van der Waals surface area contributed by atoms with Crippen LogP contribution in [0.5, 0.6) is 0 Å². The zero-order valence-corrected chi connectivity index (χ0v) is 9.72. The zero-order valence-electron chi connectivity index (χ0n) is 1.76. The van der Waals surface area contributed by atoms with E-state index in [2.05, 4.69) is 0 Å². The van der Waals surface area contributed by atoms with Crippen molar-refractivity contribution in [3.8, 4) is 0 Å². The van der Waals surface area contributed by atoms with Crippen LogP contribution in [0.2, 0.25) is 0 Å². The summed E-state index contributed by atoms with van der Waals surface area (Å²) < 4.78 is 0. The van der Waals surface area contributed by atoms with Gasteiger partial charge in [0.2, 0.25) is 0 Å². The van der Waals surface area contributed by atoms with Gasteiger partial charge in [-0.3, -0.25) is 0 Å². The van der Waals surface area contributed by atoms with Gasteiger partial charge in [0.25, 0.3) is 0 Å². The Morgan fingerprint density at radius 2 is 1.00 bits per heavy atom. The van der Waals surface area contributed by atoms with Crippen molar-refractivity contribution in [3.05, 3.63) is 0 Å². The van der Waals surface area contributed by atoms with E-state index in [4.69, 9.17) is 0 Å². The Bertz CT molecular complexity index is 8.00. The van der Waals surface area contributed by atoms with Gasteiger partial charge in [-0.25, -0.2) is 0 Å². The molecule has 0 atom stereocenters. The molecule has 0 fully saturated rings. The molecule has 0 amide bonds. The molecule has 23 valence electrons. The van der Waals surface area contributed by atoms with Crippen LogP contribution in [0.3, 0.4) is 0 Å². The van der Waals surface area contributed by atoms with Crippen molar-refractivity contribution < 1.29 is 38.2 Å². The van der Waals surface area contributed by atoms with Crippen LogP contribution < -0.4 is 0 Å². The SMILES string of the molecule is [Ni].[Sb].[Sn].[Ti]. The Balaban J connectivity index is 0. The van der Waals surface area contributed by atoms with Crippen LogP contribution >= 0.6 is 0 Å². The average molecular weight is 347 g/mol. The molecule has 0 nitrogen and oxygen atoms in total. The van der Waals surface area contributed by atoms with E-state index in [1.807, 2.05) is 0 Å². The largest absolute Gasteiger partial charge is 0 e. The fraction of sp³-hybridized carbons (Fsp3) is 0. The van der Waals surface area contributed by atoms with Crippen LogP contribution in [0.15, 0.2) is 0 Å². The van der Waals surface area contributed by atoms with E-state index in [1.54, 1.807) is 0 Å².